The average molecular weight is 303 g/mol. The van der Waals surface area contributed by atoms with Gasteiger partial charge in [-0.2, -0.15) is 0 Å². The number of piperidine rings is 1. The Morgan fingerprint density at radius 3 is 2.60 bits per heavy atom. The third kappa shape index (κ3) is 2.96. The smallest absolute Gasteiger partial charge is 0.233 e. The number of thioether (sulfide) groups is 1. The van der Waals surface area contributed by atoms with Crippen LogP contribution in [-0.4, -0.2) is 41.1 Å². The van der Waals surface area contributed by atoms with Crippen LogP contribution in [0, 0.1) is 7.43 Å². The van der Waals surface area contributed by atoms with Crippen LogP contribution in [0.25, 0.3) is 5.32 Å². The van der Waals surface area contributed by atoms with Crippen LogP contribution in [0.15, 0.2) is 0 Å². The van der Waals surface area contributed by atoms with Gasteiger partial charge in [-0.3, -0.25) is 4.79 Å². The van der Waals surface area contributed by atoms with E-state index in [4.69, 9.17) is 0 Å². The van der Waals surface area contributed by atoms with Crippen LogP contribution in [0.5, 0.6) is 0 Å². The summed E-state index contributed by atoms with van der Waals surface area (Å²) in [6, 6.07) is 0. The molecule has 5 heteroatoms. The van der Waals surface area contributed by atoms with Crippen LogP contribution in [-0.2, 0) is 37.5 Å². The summed E-state index contributed by atoms with van der Waals surface area (Å²) in [6.07, 6.45) is 2.11. The van der Waals surface area contributed by atoms with Crippen molar-refractivity contribution in [2.45, 2.75) is 24.6 Å². The summed E-state index contributed by atoms with van der Waals surface area (Å²) in [5.41, 5.74) is 0. The van der Waals surface area contributed by atoms with E-state index in [0.29, 0.717) is 11.7 Å². The second-order valence-corrected chi connectivity index (χ2v) is 4.88. The van der Waals surface area contributed by atoms with Gasteiger partial charge < -0.3 is 17.6 Å². The van der Waals surface area contributed by atoms with Crippen molar-refractivity contribution in [1.82, 2.24) is 4.90 Å². The van der Waals surface area contributed by atoms with Gasteiger partial charge in [0.25, 0.3) is 0 Å². The van der Waals surface area contributed by atoms with E-state index in [1.165, 1.54) is 0 Å². The van der Waals surface area contributed by atoms with E-state index in [1.54, 1.807) is 0 Å². The molecule has 2 saturated heterocycles. The fraction of sp³-hybridized carbons (Fsp3) is 0.800. The van der Waals surface area contributed by atoms with Gasteiger partial charge >= 0.3 is 0 Å². The van der Waals surface area contributed by atoms with Crippen molar-refractivity contribution >= 4 is 17.7 Å². The maximum atomic E-state index is 11.6. The van der Waals surface area contributed by atoms with Crippen molar-refractivity contribution in [1.29, 1.82) is 0 Å². The van der Waals surface area contributed by atoms with Crippen molar-refractivity contribution < 1.29 is 37.5 Å². The van der Waals surface area contributed by atoms with E-state index in [2.05, 4.69) is 12.2 Å². The van der Waals surface area contributed by atoms with E-state index in [-0.39, 0.29) is 45.0 Å². The Morgan fingerprint density at radius 1 is 1.47 bits per heavy atom. The molecule has 0 unspecified atom stereocenters. The van der Waals surface area contributed by atoms with Gasteiger partial charge in [-0.25, -0.2) is 0 Å². The number of carbonyl (C=O) groups is 1. The van der Waals surface area contributed by atoms with E-state index in [1.807, 2.05) is 16.7 Å². The van der Waals surface area contributed by atoms with Gasteiger partial charge in [0.2, 0.25) is 5.91 Å². The van der Waals surface area contributed by atoms with Crippen molar-refractivity contribution in [3.8, 4) is 0 Å². The Balaban J connectivity index is 0.000000980. The fourth-order valence-electron chi connectivity index (χ4n) is 2.20. The Kier molecular flexibility index (Phi) is 6.97. The van der Waals surface area contributed by atoms with Crippen LogP contribution in [0.1, 0.15) is 19.8 Å². The van der Waals surface area contributed by atoms with E-state index >= 15 is 0 Å². The number of amides is 1. The number of hydrogen-bond donors (Lipinski definition) is 0. The second kappa shape index (κ2) is 6.58. The second-order valence-electron chi connectivity index (χ2n) is 3.54. The molecular formula is C10H18N2OSY-2. The van der Waals surface area contributed by atoms with Crippen LogP contribution < -0.4 is 0 Å². The molecule has 0 aromatic carbocycles. The number of carbonyl (C=O) groups excluding carboxylic acids is 1. The molecule has 2 aliphatic rings. The Hall–Kier alpha value is 0.884. The molecule has 2 rings (SSSR count). The molecule has 0 aromatic heterocycles. The summed E-state index contributed by atoms with van der Waals surface area (Å²) in [6.45, 7) is 4.77. The molecule has 1 amide bonds. The van der Waals surface area contributed by atoms with Crippen molar-refractivity contribution in [2.24, 2.45) is 0 Å². The average Bonchev–Trinajstić information content (AvgIpc) is 2.45. The third-order valence-corrected chi connectivity index (χ3v) is 4.45. The Labute approximate surface area is 122 Å². The summed E-state index contributed by atoms with van der Waals surface area (Å²) in [5.74, 6) is 0.989. The van der Waals surface area contributed by atoms with Crippen molar-refractivity contribution in [2.75, 3.05) is 25.4 Å². The first-order valence-corrected chi connectivity index (χ1v) is 5.85. The summed E-state index contributed by atoms with van der Waals surface area (Å²) >= 11 is 1.82. The summed E-state index contributed by atoms with van der Waals surface area (Å²) in [7, 11) is 0. The molecule has 0 saturated carbocycles. The minimum Gasteiger partial charge on any atom is -0.662 e. The Bertz CT molecular complexity index is 219. The van der Waals surface area contributed by atoms with Crippen LogP contribution in [0.2, 0.25) is 0 Å². The normalized spacial score (nSPS) is 23.5. The van der Waals surface area contributed by atoms with Gasteiger partial charge in [-0.05, 0) is 19.8 Å². The first-order chi connectivity index (χ1) is 6.28. The van der Waals surface area contributed by atoms with Crippen LogP contribution >= 0.6 is 11.8 Å². The standard InChI is InChI=1S/C9H15N2OS.CH3.Y/c1-2-11-8(12)7-13-9(11)3-5-10-6-4-9;;/h2-7H2,1H3;1H3;/q2*-1;. The molecule has 2 heterocycles. The molecule has 0 bridgehead atoms. The zero-order valence-corrected chi connectivity index (χ0v) is 13.2. The predicted molar refractivity (Wildman–Crippen MR) is 61.3 cm³/mol. The van der Waals surface area contributed by atoms with E-state index in [0.717, 1.165) is 32.5 Å². The van der Waals surface area contributed by atoms with Gasteiger partial charge in [0, 0.05) is 39.3 Å². The molecule has 2 aliphatic heterocycles. The van der Waals surface area contributed by atoms with Crippen LogP contribution in [0.3, 0.4) is 0 Å². The van der Waals surface area contributed by atoms with Gasteiger partial charge in [0.1, 0.15) is 0 Å². The minimum atomic E-state index is 0. The van der Waals surface area contributed by atoms with E-state index in [9.17, 15) is 4.79 Å². The summed E-state index contributed by atoms with van der Waals surface area (Å²) in [5, 5.41) is 4.34. The predicted octanol–water partition coefficient (Wildman–Crippen LogP) is 1.89. The maximum Gasteiger partial charge on any atom is 0.233 e. The van der Waals surface area contributed by atoms with Crippen LogP contribution in [0.4, 0.5) is 0 Å². The van der Waals surface area contributed by atoms with Crippen molar-refractivity contribution in [3.63, 3.8) is 0 Å². The molecule has 85 valence electrons. The zero-order valence-electron chi connectivity index (χ0n) is 9.53. The fourth-order valence-corrected chi connectivity index (χ4v) is 3.61. The van der Waals surface area contributed by atoms with Gasteiger partial charge in [0.15, 0.2) is 0 Å². The van der Waals surface area contributed by atoms with Crippen molar-refractivity contribution in [3.05, 3.63) is 12.7 Å². The molecular weight excluding hydrogens is 285 g/mol. The van der Waals surface area contributed by atoms with Gasteiger partial charge in [0.05, 0.1) is 10.6 Å². The molecule has 1 spiro atoms. The SMILES string of the molecule is CCN1C(=O)CSC12CC[N-]CC2.[CH3-].[Y]. The quantitative estimate of drug-likeness (QED) is 0.693. The molecule has 1 radical (unpaired) electrons. The molecule has 0 N–H and O–H groups in total. The zero-order chi connectivity index (χ0) is 9.31. The molecule has 0 aromatic rings. The maximum absolute atomic E-state index is 11.6. The minimum absolute atomic E-state index is 0. The van der Waals surface area contributed by atoms with Gasteiger partial charge in [-0.15, -0.1) is 24.9 Å². The number of hydrogen-bond acceptors (Lipinski definition) is 2. The van der Waals surface area contributed by atoms with E-state index < -0.39 is 0 Å². The molecule has 0 atom stereocenters. The third-order valence-electron chi connectivity index (χ3n) is 2.89. The summed E-state index contributed by atoms with van der Waals surface area (Å²) in [4.78, 5) is 13.7. The first kappa shape index (κ1) is 15.9. The summed E-state index contributed by atoms with van der Waals surface area (Å²) < 4.78 is 0. The number of nitrogens with zero attached hydrogens (tertiary/aromatic N) is 2. The monoisotopic (exact) mass is 303 g/mol. The molecule has 3 nitrogen and oxygen atoms in total. The molecule has 2 fully saturated rings. The van der Waals surface area contributed by atoms with Gasteiger partial charge in [-0.1, -0.05) is 0 Å². The largest absolute Gasteiger partial charge is 0.662 e. The number of rotatable bonds is 1. The topological polar surface area (TPSA) is 34.4 Å². The first-order valence-electron chi connectivity index (χ1n) is 4.86. The molecule has 0 aliphatic carbocycles. The Morgan fingerprint density at radius 2 is 2.07 bits per heavy atom. The molecule has 15 heavy (non-hydrogen) atoms.